The van der Waals surface area contributed by atoms with Gasteiger partial charge in [-0.15, -0.1) is 23.5 Å². The van der Waals surface area contributed by atoms with Crippen LogP contribution in [-0.2, 0) is 16.1 Å². The minimum Gasteiger partial charge on any atom is -0.276 e. The van der Waals surface area contributed by atoms with Crippen molar-refractivity contribution in [2.24, 2.45) is 0 Å². The van der Waals surface area contributed by atoms with Crippen LogP contribution in [0.2, 0.25) is 10.0 Å². The van der Waals surface area contributed by atoms with Gasteiger partial charge in [-0.2, -0.15) is 0 Å². The van der Waals surface area contributed by atoms with Crippen LogP contribution in [-0.4, -0.2) is 27.2 Å². The van der Waals surface area contributed by atoms with Gasteiger partial charge in [0.15, 0.2) is 0 Å². The number of rotatable bonds is 6. The average Bonchev–Trinajstić information content (AvgIpc) is 2.96. The molecule has 1 aliphatic heterocycles. The first-order valence-corrected chi connectivity index (χ1v) is 11.8. The molecule has 30 heavy (non-hydrogen) atoms. The monoisotopic (exact) mass is 473 g/mol. The van der Waals surface area contributed by atoms with Crippen molar-refractivity contribution in [1.82, 2.24) is 4.90 Å². The maximum absolute atomic E-state index is 13.3. The average molecular weight is 474 g/mol. The Bertz CT molecular complexity index is 978. The number of likely N-dealkylation sites (tertiary alicyclic amines) is 1. The van der Waals surface area contributed by atoms with Gasteiger partial charge in [0.2, 0.25) is 11.8 Å². The standard InChI is InChI=1S/C23H17Cl2NO2S2/c24-16-6-10-18(11-7-16)29-20-21(30-19-12-8-17(25)9-13-19)23(28)26(22(20)27)14-15-4-2-1-3-5-15/h1-13,20-21H,14H2/t20-,21-/m0/s1. The Hall–Kier alpha value is -1.92. The maximum Gasteiger partial charge on any atom is 0.244 e. The molecular weight excluding hydrogens is 457 g/mol. The van der Waals surface area contributed by atoms with Gasteiger partial charge in [-0.3, -0.25) is 14.5 Å². The van der Waals surface area contributed by atoms with Crippen molar-refractivity contribution in [1.29, 1.82) is 0 Å². The summed E-state index contributed by atoms with van der Waals surface area (Å²) in [7, 11) is 0. The summed E-state index contributed by atoms with van der Waals surface area (Å²) < 4.78 is 0. The van der Waals surface area contributed by atoms with Gasteiger partial charge in [0.1, 0.15) is 10.5 Å². The van der Waals surface area contributed by atoms with Crippen LogP contribution in [0.3, 0.4) is 0 Å². The van der Waals surface area contributed by atoms with Gasteiger partial charge in [-0.1, -0.05) is 53.5 Å². The van der Waals surface area contributed by atoms with Gasteiger partial charge in [-0.05, 0) is 54.1 Å². The van der Waals surface area contributed by atoms with E-state index in [0.717, 1.165) is 15.4 Å². The van der Waals surface area contributed by atoms with Gasteiger partial charge < -0.3 is 0 Å². The van der Waals surface area contributed by atoms with E-state index in [2.05, 4.69) is 0 Å². The molecule has 3 aromatic carbocycles. The van der Waals surface area contributed by atoms with Crippen LogP contribution < -0.4 is 0 Å². The lowest BCUT2D eigenvalue weighted by atomic mass is 10.2. The lowest BCUT2D eigenvalue weighted by Crippen LogP contribution is -2.31. The van der Waals surface area contributed by atoms with Gasteiger partial charge in [0, 0.05) is 19.8 Å². The zero-order valence-electron chi connectivity index (χ0n) is 15.7. The van der Waals surface area contributed by atoms with Crippen molar-refractivity contribution in [3.05, 3.63) is 94.5 Å². The number of thioether (sulfide) groups is 2. The highest BCUT2D eigenvalue weighted by Gasteiger charge is 2.48. The predicted molar refractivity (Wildman–Crippen MR) is 124 cm³/mol. The topological polar surface area (TPSA) is 37.4 Å². The second kappa shape index (κ2) is 9.48. The highest BCUT2D eigenvalue weighted by atomic mass is 35.5. The summed E-state index contributed by atoms with van der Waals surface area (Å²) in [6, 6.07) is 24.2. The van der Waals surface area contributed by atoms with Crippen molar-refractivity contribution in [3.8, 4) is 0 Å². The number of nitrogens with zero attached hydrogens (tertiary/aromatic N) is 1. The first-order valence-electron chi connectivity index (χ1n) is 9.25. The first-order chi connectivity index (χ1) is 14.5. The van der Waals surface area contributed by atoms with Crippen LogP contribution in [0.5, 0.6) is 0 Å². The molecule has 0 aliphatic carbocycles. The van der Waals surface area contributed by atoms with Crippen LogP contribution in [0.1, 0.15) is 5.56 Å². The lowest BCUT2D eigenvalue weighted by molar-refractivity contribution is -0.138. The summed E-state index contributed by atoms with van der Waals surface area (Å²) in [4.78, 5) is 29.7. The van der Waals surface area contributed by atoms with Crippen molar-refractivity contribution in [3.63, 3.8) is 0 Å². The van der Waals surface area contributed by atoms with E-state index >= 15 is 0 Å². The van der Waals surface area contributed by atoms with E-state index in [1.165, 1.54) is 28.4 Å². The minimum absolute atomic E-state index is 0.171. The highest BCUT2D eigenvalue weighted by molar-refractivity contribution is 8.05. The van der Waals surface area contributed by atoms with E-state index in [4.69, 9.17) is 23.2 Å². The fourth-order valence-corrected chi connectivity index (χ4v) is 5.83. The van der Waals surface area contributed by atoms with Crippen molar-refractivity contribution in [2.45, 2.75) is 26.8 Å². The fourth-order valence-electron chi connectivity index (χ4n) is 3.14. The number of carbonyl (C=O) groups excluding carboxylic acids is 2. The molecule has 1 saturated heterocycles. The quantitative estimate of drug-likeness (QED) is 0.400. The molecule has 1 heterocycles. The van der Waals surface area contributed by atoms with Crippen LogP contribution in [0.25, 0.3) is 0 Å². The summed E-state index contributed by atoms with van der Waals surface area (Å²) in [5.41, 5.74) is 0.923. The third-order valence-electron chi connectivity index (χ3n) is 4.63. The Morgan fingerprint density at radius 2 is 1.10 bits per heavy atom. The molecule has 1 fully saturated rings. The number of carbonyl (C=O) groups is 2. The number of benzene rings is 3. The molecule has 1 aliphatic rings. The third kappa shape index (κ3) is 4.86. The smallest absolute Gasteiger partial charge is 0.244 e. The van der Waals surface area contributed by atoms with Gasteiger partial charge >= 0.3 is 0 Å². The molecule has 2 amide bonds. The van der Waals surface area contributed by atoms with Gasteiger partial charge in [0.05, 0.1) is 6.54 Å². The fraction of sp³-hybridized carbons (Fsp3) is 0.130. The molecule has 0 bridgehead atoms. The van der Waals surface area contributed by atoms with E-state index in [1.807, 2.05) is 54.6 Å². The Morgan fingerprint density at radius 1 is 0.667 bits per heavy atom. The molecule has 7 heteroatoms. The van der Waals surface area contributed by atoms with E-state index < -0.39 is 10.5 Å². The zero-order valence-corrected chi connectivity index (χ0v) is 18.8. The highest BCUT2D eigenvalue weighted by Crippen LogP contribution is 2.41. The Labute approximate surface area is 193 Å². The maximum atomic E-state index is 13.3. The molecule has 0 radical (unpaired) electrons. The van der Waals surface area contributed by atoms with Gasteiger partial charge in [0.25, 0.3) is 0 Å². The molecule has 3 nitrogen and oxygen atoms in total. The Morgan fingerprint density at radius 3 is 1.53 bits per heavy atom. The Kier molecular flexibility index (Phi) is 6.74. The Balaban J connectivity index is 1.61. The summed E-state index contributed by atoms with van der Waals surface area (Å²) in [5, 5.41) is 0.211. The van der Waals surface area contributed by atoms with E-state index in [0.29, 0.717) is 10.0 Å². The minimum atomic E-state index is -0.525. The van der Waals surface area contributed by atoms with Gasteiger partial charge in [-0.25, -0.2) is 0 Å². The lowest BCUT2D eigenvalue weighted by Gasteiger charge is -2.14. The molecule has 152 valence electrons. The largest absolute Gasteiger partial charge is 0.276 e. The van der Waals surface area contributed by atoms with Crippen LogP contribution in [0.4, 0.5) is 0 Å². The number of hydrogen-bond donors (Lipinski definition) is 0. The number of imide groups is 1. The van der Waals surface area contributed by atoms with Crippen molar-refractivity contribution >= 4 is 58.5 Å². The predicted octanol–water partition coefficient (Wildman–Crippen LogP) is 6.18. The second-order valence-electron chi connectivity index (χ2n) is 6.73. The molecule has 2 atom stereocenters. The van der Waals surface area contributed by atoms with E-state index in [9.17, 15) is 9.59 Å². The number of halogens is 2. The molecule has 0 spiro atoms. The molecule has 4 rings (SSSR count). The summed E-state index contributed by atoms with van der Waals surface area (Å²) in [6.45, 7) is 0.272. The molecule has 0 N–H and O–H groups in total. The molecule has 3 aromatic rings. The first kappa shape index (κ1) is 21.3. The van der Waals surface area contributed by atoms with Crippen LogP contribution >= 0.6 is 46.7 Å². The summed E-state index contributed by atoms with van der Waals surface area (Å²) >= 11 is 14.8. The third-order valence-corrected chi connectivity index (χ3v) is 7.85. The summed E-state index contributed by atoms with van der Waals surface area (Å²) in [5.74, 6) is -0.342. The molecule has 0 aromatic heterocycles. The zero-order chi connectivity index (χ0) is 21.1. The van der Waals surface area contributed by atoms with Crippen LogP contribution in [0, 0.1) is 0 Å². The molecular formula is C23H17Cl2NO2S2. The van der Waals surface area contributed by atoms with Crippen molar-refractivity contribution in [2.75, 3.05) is 0 Å². The normalized spacial score (nSPS) is 18.8. The van der Waals surface area contributed by atoms with E-state index in [1.54, 1.807) is 24.3 Å². The van der Waals surface area contributed by atoms with Crippen LogP contribution in [0.15, 0.2) is 88.7 Å². The SMILES string of the molecule is O=C1[C@@H](Sc2ccc(Cl)cc2)[C@H](Sc2ccc(Cl)cc2)C(=O)N1Cc1ccccc1. The summed E-state index contributed by atoms with van der Waals surface area (Å²) in [6.07, 6.45) is 0. The number of amides is 2. The van der Waals surface area contributed by atoms with Crippen molar-refractivity contribution < 1.29 is 9.59 Å². The van der Waals surface area contributed by atoms with E-state index in [-0.39, 0.29) is 18.4 Å². The molecule has 0 saturated carbocycles. The second-order valence-corrected chi connectivity index (χ2v) is 10.0. The molecule has 0 unspecified atom stereocenters. The number of hydrogen-bond acceptors (Lipinski definition) is 4.